The van der Waals surface area contributed by atoms with Crippen molar-refractivity contribution >= 4 is 35.2 Å². The number of aromatic nitrogens is 3. The summed E-state index contributed by atoms with van der Waals surface area (Å²) < 4.78 is 8.63. The first kappa shape index (κ1) is 27.7. The number of allylic oxidation sites excluding steroid dienone is 1. The largest absolute Gasteiger partial charge is 0.497 e. The van der Waals surface area contributed by atoms with Crippen molar-refractivity contribution < 1.29 is 9.53 Å². The van der Waals surface area contributed by atoms with E-state index in [9.17, 15) is 9.59 Å². The molecule has 1 fully saturated rings. The average molecular weight is 578 g/mol. The third kappa shape index (κ3) is 5.58. The zero-order chi connectivity index (χ0) is 28.4. The number of carbonyl (C=O) groups excluding carboxylic acids is 1. The maximum absolute atomic E-state index is 14.3. The molecular weight excluding hydrogens is 547 g/mol. The molecule has 2 aromatic carbocycles. The lowest BCUT2D eigenvalue weighted by Crippen LogP contribution is -2.37. The fraction of sp³-hybridized carbons (Fsp3) is 0.258. The molecule has 0 aliphatic carbocycles. The second kappa shape index (κ2) is 11.7. The normalized spacial score (nSPS) is 13.3. The van der Waals surface area contributed by atoms with Crippen LogP contribution in [-0.2, 0) is 0 Å². The summed E-state index contributed by atoms with van der Waals surface area (Å²) in [6, 6.07) is 15.8. The van der Waals surface area contributed by atoms with E-state index in [0.29, 0.717) is 51.5 Å². The van der Waals surface area contributed by atoms with Crippen molar-refractivity contribution in [3.05, 3.63) is 98.0 Å². The number of hydrogen-bond donors (Lipinski definition) is 0. The summed E-state index contributed by atoms with van der Waals surface area (Å²) in [5.41, 5.74) is 3.40. The third-order valence-corrected chi connectivity index (χ3v) is 7.46. The monoisotopic (exact) mass is 576 g/mol. The van der Waals surface area contributed by atoms with Gasteiger partial charge in [-0.15, -0.1) is 0 Å². The van der Waals surface area contributed by atoms with Gasteiger partial charge >= 0.3 is 0 Å². The maximum Gasteiger partial charge on any atom is 0.265 e. The lowest BCUT2D eigenvalue weighted by Gasteiger charge is -2.28. The summed E-state index contributed by atoms with van der Waals surface area (Å²) in [4.78, 5) is 30.2. The SMILES string of the molecule is COc1ccc(Cl)c(-n2c(C=C(C)C)c(C(=O)N3CCCCC3)cc(-c3ccn(-c4ccc(Cl)cc4)n3)c2=O)c1. The summed E-state index contributed by atoms with van der Waals surface area (Å²) in [6.07, 6.45) is 6.62. The Balaban J connectivity index is 1.78. The van der Waals surface area contributed by atoms with Crippen LogP contribution >= 0.6 is 23.2 Å². The van der Waals surface area contributed by atoms with Crippen molar-refractivity contribution in [2.75, 3.05) is 20.2 Å². The Hall–Kier alpha value is -3.81. The summed E-state index contributed by atoms with van der Waals surface area (Å²) in [5, 5.41) is 5.67. The van der Waals surface area contributed by atoms with Crippen LogP contribution in [0.3, 0.4) is 0 Å². The molecule has 1 aliphatic rings. The Morgan fingerprint density at radius 3 is 2.38 bits per heavy atom. The number of likely N-dealkylation sites (tertiary alicyclic amines) is 1. The van der Waals surface area contributed by atoms with E-state index in [1.165, 1.54) is 4.57 Å². The number of methoxy groups -OCH3 is 1. The van der Waals surface area contributed by atoms with Gasteiger partial charge in [0.05, 0.1) is 46.0 Å². The molecular formula is C31H30Cl2N4O3. The van der Waals surface area contributed by atoms with Crippen LogP contribution in [0, 0.1) is 0 Å². The first-order chi connectivity index (χ1) is 19.3. The van der Waals surface area contributed by atoms with E-state index in [1.54, 1.807) is 60.5 Å². The first-order valence-electron chi connectivity index (χ1n) is 13.2. The Morgan fingerprint density at radius 2 is 1.70 bits per heavy atom. The van der Waals surface area contributed by atoms with Crippen molar-refractivity contribution in [1.82, 2.24) is 19.2 Å². The highest BCUT2D eigenvalue weighted by molar-refractivity contribution is 6.32. The highest BCUT2D eigenvalue weighted by Crippen LogP contribution is 2.30. The number of pyridine rings is 1. The number of carbonyl (C=O) groups is 1. The molecule has 0 bridgehead atoms. The lowest BCUT2D eigenvalue weighted by atomic mass is 10.0. The van der Waals surface area contributed by atoms with E-state index in [-0.39, 0.29) is 17.0 Å². The van der Waals surface area contributed by atoms with Gasteiger partial charge in [-0.05, 0) is 87.7 Å². The number of hydrogen-bond acceptors (Lipinski definition) is 4. The molecule has 0 saturated carbocycles. The van der Waals surface area contributed by atoms with Gasteiger partial charge in [-0.3, -0.25) is 14.2 Å². The minimum Gasteiger partial charge on any atom is -0.497 e. The van der Waals surface area contributed by atoms with E-state index in [2.05, 4.69) is 0 Å². The van der Waals surface area contributed by atoms with Crippen molar-refractivity contribution in [3.63, 3.8) is 0 Å². The lowest BCUT2D eigenvalue weighted by molar-refractivity contribution is 0.0723. The summed E-state index contributed by atoms with van der Waals surface area (Å²) in [6.45, 7) is 5.21. The summed E-state index contributed by atoms with van der Waals surface area (Å²) in [7, 11) is 1.55. The molecule has 0 atom stereocenters. The molecule has 0 unspecified atom stereocenters. The van der Waals surface area contributed by atoms with Crippen LogP contribution in [0.25, 0.3) is 28.7 Å². The van der Waals surface area contributed by atoms with Crippen molar-refractivity contribution in [2.24, 2.45) is 0 Å². The maximum atomic E-state index is 14.3. The number of ether oxygens (including phenoxy) is 1. The number of piperidine rings is 1. The van der Waals surface area contributed by atoms with Gasteiger partial charge < -0.3 is 9.64 Å². The topological polar surface area (TPSA) is 69.4 Å². The van der Waals surface area contributed by atoms with Crippen molar-refractivity contribution in [1.29, 1.82) is 0 Å². The van der Waals surface area contributed by atoms with E-state index >= 15 is 0 Å². The van der Waals surface area contributed by atoms with Crippen LogP contribution in [0.15, 0.2) is 71.2 Å². The molecule has 2 aromatic heterocycles. The average Bonchev–Trinajstić information content (AvgIpc) is 3.44. The van der Waals surface area contributed by atoms with Gasteiger partial charge in [0.15, 0.2) is 0 Å². The van der Waals surface area contributed by atoms with Crippen LogP contribution in [0.5, 0.6) is 5.75 Å². The third-order valence-electron chi connectivity index (χ3n) is 6.89. The van der Waals surface area contributed by atoms with Crippen molar-refractivity contribution in [3.8, 4) is 28.4 Å². The highest BCUT2D eigenvalue weighted by Gasteiger charge is 2.26. The molecule has 7 nitrogen and oxygen atoms in total. The molecule has 1 aliphatic heterocycles. The molecule has 9 heteroatoms. The standard InChI is InChI=1S/C31H30Cl2N4O3/c1-20(2)17-28-25(30(38)35-14-5-4-6-15-35)19-24(27-13-16-36(34-27)22-9-7-21(32)8-10-22)31(39)37(28)29-18-23(40-3)11-12-26(29)33/h7-13,16-19H,4-6,14-15H2,1-3H3. The van der Waals surface area contributed by atoms with Crippen molar-refractivity contribution in [2.45, 2.75) is 33.1 Å². The van der Waals surface area contributed by atoms with Gasteiger partial charge in [0.2, 0.25) is 0 Å². The Morgan fingerprint density at radius 1 is 0.975 bits per heavy atom. The molecule has 0 N–H and O–H groups in total. The predicted octanol–water partition coefficient (Wildman–Crippen LogP) is 7.05. The van der Waals surface area contributed by atoms with Crippen LogP contribution in [0.4, 0.5) is 0 Å². The molecule has 3 heterocycles. The van der Waals surface area contributed by atoms with E-state index in [0.717, 1.165) is 30.5 Å². The summed E-state index contributed by atoms with van der Waals surface area (Å²) >= 11 is 12.7. The second-order valence-electron chi connectivity index (χ2n) is 10.0. The van der Waals surface area contributed by atoms with Gasteiger partial charge in [0, 0.05) is 30.4 Å². The molecule has 0 radical (unpaired) electrons. The Bertz CT molecular complexity index is 1640. The van der Waals surface area contributed by atoms with Crippen LogP contribution < -0.4 is 10.3 Å². The molecule has 0 spiro atoms. The van der Waals surface area contributed by atoms with Gasteiger partial charge in [-0.25, -0.2) is 4.68 Å². The molecule has 1 amide bonds. The smallest absolute Gasteiger partial charge is 0.265 e. The van der Waals surface area contributed by atoms with Crippen LogP contribution in [0.1, 0.15) is 49.2 Å². The van der Waals surface area contributed by atoms with Gasteiger partial charge in [-0.2, -0.15) is 5.10 Å². The van der Waals surface area contributed by atoms with Crippen LogP contribution in [0.2, 0.25) is 10.0 Å². The Labute approximate surface area is 243 Å². The Kier molecular flexibility index (Phi) is 8.14. The number of amides is 1. The molecule has 1 saturated heterocycles. The van der Waals surface area contributed by atoms with E-state index in [4.69, 9.17) is 33.0 Å². The zero-order valence-electron chi connectivity index (χ0n) is 22.7. The highest BCUT2D eigenvalue weighted by atomic mass is 35.5. The second-order valence-corrected chi connectivity index (χ2v) is 10.9. The fourth-order valence-corrected chi connectivity index (χ4v) is 5.23. The number of rotatable bonds is 6. The minimum absolute atomic E-state index is 0.127. The van der Waals surface area contributed by atoms with Gasteiger partial charge in [0.1, 0.15) is 5.75 Å². The predicted molar refractivity (Wildman–Crippen MR) is 160 cm³/mol. The number of halogens is 2. The van der Waals surface area contributed by atoms with E-state index < -0.39 is 0 Å². The molecule has 5 rings (SSSR count). The zero-order valence-corrected chi connectivity index (χ0v) is 24.2. The van der Waals surface area contributed by atoms with Gasteiger partial charge in [-0.1, -0.05) is 28.8 Å². The number of benzene rings is 2. The van der Waals surface area contributed by atoms with Crippen LogP contribution in [-0.4, -0.2) is 45.4 Å². The summed E-state index contributed by atoms with van der Waals surface area (Å²) in [5.74, 6) is 0.411. The fourth-order valence-electron chi connectivity index (χ4n) is 4.90. The molecule has 206 valence electrons. The quantitative estimate of drug-likeness (QED) is 0.246. The van der Waals surface area contributed by atoms with Gasteiger partial charge in [0.25, 0.3) is 11.5 Å². The molecule has 40 heavy (non-hydrogen) atoms. The molecule has 4 aromatic rings. The van der Waals surface area contributed by atoms with E-state index in [1.807, 2.05) is 37.0 Å². The minimum atomic E-state index is -0.348. The first-order valence-corrected chi connectivity index (χ1v) is 13.9. The number of nitrogens with zero attached hydrogens (tertiary/aromatic N) is 4.